The van der Waals surface area contributed by atoms with Gasteiger partial charge in [0.15, 0.2) is 5.96 Å². The highest BCUT2D eigenvalue weighted by Crippen LogP contribution is 2.30. The van der Waals surface area contributed by atoms with Gasteiger partial charge in [0, 0.05) is 24.7 Å². The summed E-state index contributed by atoms with van der Waals surface area (Å²) in [6.45, 7) is 3.08. The molecule has 0 spiro atoms. The van der Waals surface area contributed by atoms with Crippen molar-refractivity contribution in [3.63, 3.8) is 0 Å². The number of pyridine rings is 1. The van der Waals surface area contributed by atoms with Crippen molar-refractivity contribution >= 4 is 16.9 Å². The maximum atomic E-state index is 12.6. The molecule has 170 valence electrons. The average Bonchev–Trinajstić information content (AvgIpc) is 2.79. The molecule has 0 aliphatic carbocycles. The fourth-order valence-electron chi connectivity index (χ4n) is 3.00. The second kappa shape index (κ2) is 10.8. The number of nitrogens with one attached hydrogen (secondary N) is 2. The molecule has 0 radical (unpaired) electrons. The molecule has 9 heteroatoms. The predicted octanol–water partition coefficient (Wildman–Crippen LogP) is 3.75. The average molecular weight is 446 g/mol. The number of ether oxygens (including phenoxy) is 1. The lowest BCUT2D eigenvalue weighted by atomic mass is 10.1. The molecular weight excluding hydrogens is 421 g/mol. The summed E-state index contributed by atoms with van der Waals surface area (Å²) in [4.78, 5) is 8.91. The number of aliphatic hydroxyl groups is 1. The molecule has 1 atom stereocenters. The minimum atomic E-state index is -4.40. The van der Waals surface area contributed by atoms with Gasteiger partial charge in [0.2, 0.25) is 0 Å². The lowest BCUT2D eigenvalue weighted by Crippen LogP contribution is -2.42. The minimum absolute atomic E-state index is 0.0766. The van der Waals surface area contributed by atoms with Gasteiger partial charge in [-0.1, -0.05) is 18.2 Å². The van der Waals surface area contributed by atoms with E-state index in [1.807, 2.05) is 37.3 Å². The van der Waals surface area contributed by atoms with Crippen LogP contribution in [0.2, 0.25) is 0 Å². The van der Waals surface area contributed by atoms with Crippen LogP contribution >= 0.6 is 0 Å². The summed E-state index contributed by atoms with van der Waals surface area (Å²) in [6.07, 6.45) is -3.54. The summed E-state index contributed by atoms with van der Waals surface area (Å²) in [6, 6.07) is 14.1. The zero-order valence-electron chi connectivity index (χ0n) is 17.6. The number of aliphatic imine (C=N–C) groups is 1. The normalized spacial score (nSPS) is 13.1. The van der Waals surface area contributed by atoms with E-state index in [4.69, 9.17) is 4.74 Å². The number of fused-ring (bicyclic) bond motifs is 1. The van der Waals surface area contributed by atoms with Gasteiger partial charge in [-0.2, -0.15) is 13.2 Å². The Kier molecular flexibility index (Phi) is 7.88. The summed E-state index contributed by atoms with van der Waals surface area (Å²) >= 11 is 0. The van der Waals surface area contributed by atoms with Crippen LogP contribution in [0.15, 0.2) is 65.8 Å². The third-order valence-corrected chi connectivity index (χ3v) is 4.62. The molecule has 32 heavy (non-hydrogen) atoms. The summed E-state index contributed by atoms with van der Waals surface area (Å²) in [5, 5.41) is 17.4. The van der Waals surface area contributed by atoms with E-state index in [2.05, 4.69) is 20.6 Å². The summed E-state index contributed by atoms with van der Waals surface area (Å²) in [7, 11) is 0. The van der Waals surface area contributed by atoms with Gasteiger partial charge in [-0.25, -0.2) is 4.99 Å². The smallest absolute Gasteiger partial charge is 0.416 e. The second-order valence-electron chi connectivity index (χ2n) is 7.05. The molecule has 2 aromatic carbocycles. The first-order chi connectivity index (χ1) is 15.4. The SMILES string of the molecule is CCNC(=NCc1ccnc2ccccc12)NCC(O)COc1ccc(C(F)(F)F)cc1. The molecule has 1 heterocycles. The lowest BCUT2D eigenvalue weighted by Gasteiger charge is -2.16. The van der Waals surface area contributed by atoms with E-state index in [-0.39, 0.29) is 18.9 Å². The van der Waals surface area contributed by atoms with Crippen molar-refractivity contribution in [2.45, 2.75) is 25.7 Å². The van der Waals surface area contributed by atoms with Crippen molar-refractivity contribution in [1.82, 2.24) is 15.6 Å². The van der Waals surface area contributed by atoms with E-state index in [0.717, 1.165) is 28.6 Å². The minimum Gasteiger partial charge on any atom is -0.491 e. The van der Waals surface area contributed by atoms with Crippen LogP contribution in [0.5, 0.6) is 5.75 Å². The molecule has 3 rings (SSSR count). The number of hydrogen-bond donors (Lipinski definition) is 3. The number of rotatable bonds is 8. The van der Waals surface area contributed by atoms with Crippen molar-refractivity contribution in [1.29, 1.82) is 0 Å². The molecule has 6 nitrogen and oxygen atoms in total. The Bertz CT molecular complexity index is 1030. The van der Waals surface area contributed by atoms with E-state index < -0.39 is 17.8 Å². The van der Waals surface area contributed by atoms with Crippen LogP contribution < -0.4 is 15.4 Å². The van der Waals surface area contributed by atoms with E-state index >= 15 is 0 Å². The first kappa shape index (κ1) is 23.3. The van der Waals surface area contributed by atoms with Crippen LogP contribution in [-0.4, -0.2) is 41.9 Å². The van der Waals surface area contributed by atoms with Crippen LogP contribution in [0.3, 0.4) is 0 Å². The summed E-state index contributed by atoms with van der Waals surface area (Å²) < 4.78 is 43.2. The number of aromatic nitrogens is 1. The number of alkyl halides is 3. The molecule has 1 unspecified atom stereocenters. The van der Waals surface area contributed by atoms with Gasteiger partial charge in [-0.05, 0) is 48.9 Å². The highest BCUT2D eigenvalue weighted by molar-refractivity contribution is 5.83. The maximum absolute atomic E-state index is 12.6. The van der Waals surface area contributed by atoms with Crippen LogP contribution in [0.1, 0.15) is 18.1 Å². The Hall–Kier alpha value is -3.33. The van der Waals surface area contributed by atoms with Crippen molar-refractivity contribution in [3.05, 3.63) is 71.9 Å². The number of halogens is 3. The second-order valence-corrected chi connectivity index (χ2v) is 7.05. The number of nitrogens with zero attached hydrogens (tertiary/aromatic N) is 2. The summed E-state index contributed by atoms with van der Waals surface area (Å²) in [5.74, 6) is 0.782. The van der Waals surface area contributed by atoms with Crippen molar-refractivity contribution in [2.75, 3.05) is 19.7 Å². The van der Waals surface area contributed by atoms with Crippen LogP contribution in [-0.2, 0) is 12.7 Å². The zero-order chi connectivity index (χ0) is 23.0. The van der Waals surface area contributed by atoms with Gasteiger partial charge in [-0.15, -0.1) is 0 Å². The van der Waals surface area contributed by atoms with Crippen LogP contribution in [0, 0.1) is 0 Å². The number of guanidine groups is 1. The van der Waals surface area contributed by atoms with Crippen molar-refractivity contribution in [2.24, 2.45) is 4.99 Å². The highest BCUT2D eigenvalue weighted by Gasteiger charge is 2.30. The molecule has 3 aromatic rings. The quantitative estimate of drug-likeness (QED) is 0.363. The largest absolute Gasteiger partial charge is 0.491 e. The molecule has 0 saturated carbocycles. The Morgan fingerprint density at radius 1 is 1.09 bits per heavy atom. The fraction of sp³-hybridized carbons (Fsp3) is 0.304. The fourth-order valence-corrected chi connectivity index (χ4v) is 3.00. The molecule has 3 N–H and O–H groups in total. The summed E-state index contributed by atoms with van der Waals surface area (Å²) in [5.41, 5.74) is 1.17. The Labute approximate surface area is 184 Å². The van der Waals surface area contributed by atoms with E-state index in [0.29, 0.717) is 19.0 Å². The lowest BCUT2D eigenvalue weighted by molar-refractivity contribution is -0.137. The van der Waals surface area contributed by atoms with Crippen molar-refractivity contribution in [3.8, 4) is 5.75 Å². The standard InChI is InChI=1S/C23H25F3N4O2/c1-2-27-22(29-13-16-11-12-28-21-6-4-3-5-20(16)21)30-14-18(31)15-32-19-9-7-17(8-10-19)23(24,25)26/h3-12,18,31H,2,13-15H2,1H3,(H2,27,29,30). The monoisotopic (exact) mass is 446 g/mol. The maximum Gasteiger partial charge on any atom is 0.416 e. The number of para-hydroxylation sites is 1. The van der Waals surface area contributed by atoms with Gasteiger partial charge >= 0.3 is 6.18 Å². The van der Waals surface area contributed by atoms with E-state index in [1.54, 1.807) is 6.20 Å². The van der Waals surface area contributed by atoms with E-state index in [1.165, 1.54) is 12.1 Å². The Morgan fingerprint density at radius 2 is 1.84 bits per heavy atom. The molecular formula is C23H25F3N4O2. The van der Waals surface area contributed by atoms with Gasteiger partial charge in [0.05, 0.1) is 17.6 Å². The van der Waals surface area contributed by atoms with Gasteiger partial charge in [0.25, 0.3) is 0 Å². The number of aliphatic hydroxyl groups excluding tert-OH is 1. The van der Waals surface area contributed by atoms with Crippen molar-refractivity contribution < 1.29 is 23.0 Å². The third kappa shape index (κ3) is 6.58. The Morgan fingerprint density at radius 3 is 2.56 bits per heavy atom. The molecule has 0 aliphatic heterocycles. The zero-order valence-corrected chi connectivity index (χ0v) is 17.6. The van der Waals surface area contributed by atoms with Gasteiger partial charge in [0.1, 0.15) is 18.5 Å². The first-order valence-corrected chi connectivity index (χ1v) is 10.2. The Balaban J connectivity index is 1.53. The highest BCUT2D eigenvalue weighted by atomic mass is 19.4. The molecule has 0 amide bonds. The predicted molar refractivity (Wildman–Crippen MR) is 118 cm³/mol. The van der Waals surface area contributed by atoms with Gasteiger partial charge < -0.3 is 20.5 Å². The molecule has 0 aliphatic rings. The molecule has 1 aromatic heterocycles. The molecule has 0 saturated heterocycles. The first-order valence-electron chi connectivity index (χ1n) is 10.2. The molecule has 0 bridgehead atoms. The topological polar surface area (TPSA) is 78.8 Å². The van der Waals surface area contributed by atoms with Gasteiger partial charge in [-0.3, -0.25) is 4.98 Å². The number of hydrogen-bond acceptors (Lipinski definition) is 4. The number of benzene rings is 2. The van der Waals surface area contributed by atoms with Crippen LogP contribution in [0.25, 0.3) is 10.9 Å². The van der Waals surface area contributed by atoms with E-state index in [9.17, 15) is 18.3 Å². The molecule has 0 fully saturated rings. The third-order valence-electron chi connectivity index (χ3n) is 4.62. The van der Waals surface area contributed by atoms with Crippen LogP contribution in [0.4, 0.5) is 13.2 Å².